The molecule has 118 valence electrons. The highest BCUT2D eigenvalue weighted by Crippen LogP contribution is 2.25. The van der Waals surface area contributed by atoms with E-state index in [1.165, 1.54) is 6.33 Å². The third-order valence-corrected chi connectivity index (χ3v) is 4.14. The monoisotopic (exact) mass is 329 g/mol. The number of anilines is 2. The molecule has 1 aliphatic rings. The molecule has 1 unspecified atom stereocenters. The minimum Gasteiger partial charge on any atom is -0.376 e. The number of aromatic nitrogens is 4. The largest absolute Gasteiger partial charge is 0.376 e. The van der Waals surface area contributed by atoms with E-state index in [1.807, 2.05) is 29.1 Å². The Kier molecular flexibility index (Phi) is 3.85. The van der Waals surface area contributed by atoms with Crippen LogP contribution >= 0.6 is 11.6 Å². The van der Waals surface area contributed by atoms with Gasteiger partial charge >= 0.3 is 0 Å². The van der Waals surface area contributed by atoms with Crippen molar-refractivity contribution in [1.82, 2.24) is 19.7 Å². The fraction of sp³-hybridized carbons (Fsp3) is 0.312. The van der Waals surface area contributed by atoms with Gasteiger partial charge in [0.05, 0.1) is 30.0 Å². The lowest BCUT2D eigenvalue weighted by atomic mass is 10.2. The van der Waals surface area contributed by atoms with Crippen LogP contribution in [0.15, 0.2) is 36.9 Å². The fourth-order valence-corrected chi connectivity index (χ4v) is 2.96. The number of hydrogen-bond acceptors (Lipinski definition) is 5. The predicted octanol–water partition coefficient (Wildman–Crippen LogP) is 3.40. The van der Waals surface area contributed by atoms with E-state index < -0.39 is 0 Å². The van der Waals surface area contributed by atoms with Crippen LogP contribution in [0.2, 0.25) is 5.02 Å². The molecule has 0 saturated carbocycles. The van der Waals surface area contributed by atoms with E-state index in [-0.39, 0.29) is 6.10 Å². The Labute approximate surface area is 138 Å². The first-order valence-corrected chi connectivity index (χ1v) is 7.97. The zero-order valence-electron chi connectivity index (χ0n) is 12.4. The van der Waals surface area contributed by atoms with Crippen molar-refractivity contribution >= 4 is 34.0 Å². The summed E-state index contributed by atoms with van der Waals surface area (Å²) in [4.78, 5) is 8.56. The van der Waals surface area contributed by atoms with Crippen LogP contribution in [0, 0.1) is 0 Å². The van der Waals surface area contributed by atoms with Gasteiger partial charge in [0.15, 0.2) is 0 Å². The van der Waals surface area contributed by atoms with Crippen molar-refractivity contribution in [2.45, 2.75) is 25.5 Å². The Morgan fingerprint density at radius 3 is 3.17 bits per heavy atom. The number of nitrogens with zero attached hydrogens (tertiary/aromatic N) is 4. The lowest BCUT2D eigenvalue weighted by Gasteiger charge is -2.09. The zero-order chi connectivity index (χ0) is 15.6. The van der Waals surface area contributed by atoms with Crippen LogP contribution in [0.3, 0.4) is 0 Å². The van der Waals surface area contributed by atoms with E-state index in [2.05, 4.69) is 20.4 Å². The molecule has 6 nitrogen and oxygen atoms in total. The summed E-state index contributed by atoms with van der Waals surface area (Å²) < 4.78 is 7.54. The summed E-state index contributed by atoms with van der Waals surface area (Å²) in [6.07, 6.45) is 7.78. The number of ether oxygens (including phenoxy) is 1. The van der Waals surface area contributed by atoms with Crippen molar-refractivity contribution in [1.29, 1.82) is 0 Å². The van der Waals surface area contributed by atoms with Crippen molar-refractivity contribution in [2.75, 3.05) is 11.9 Å². The Morgan fingerprint density at radius 1 is 1.35 bits per heavy atom. The second-order valence-corrected chi connectivity index (χ2v) is 6.03. The second kappa shape index (κ2) is 6.14. The number of hydrogen-bond donors (Lipinski definition) is 1. The summed E-state index contributed by atoms with van der Waals surface area (Å²) in [5.74, 6) is 0.739. The molecule has 0 spiro atoms. The van der Waals surface area contributed by atoms with Crippen LogP contribution in [-0.2, 0) is 11.3 Å². The van der Waals surface area contributed by atoms with Gasteiger partial charge in [-0.05, 0) is 31.0 Å². The number of nitrogens with one attached hydrogen (secondary N) is 1. The van der Waals surface area contributed by atoms with Gasteiger partial charge in [-0.15, -0.1) is 0 Å². The van der Waals surface area contributed by atoms with Crippen LogP contribution in [0.25, 0.3) is 10.9 Å². The van der Waals surface area contributed by atoms with Crippen molar-refractivity contribution < 1.29 is 4.74 Å². The van der Waals surface area contributed by atoms with Gasteiger partial charge in [0.1, 0.15) is 12.1 Å². The van der Waals surface area contributed by atoms with Crippen LogP contribution in [0.5, 0.6) is 0 Å². The van der Waals surface area contributed by atoms with Gasteiger partial charge in [-0.2, -0.15) is 5.10 Å². The van der Waals surface area contributed by atoms with Gasteiger partial charge in [-0.1, -0.05) is 11.6 Å². The lowest BCUT2D eigenvalue weighted by Crippen LogP contribution is -2.15. The molecule has 2 aromatic heterocycles. The van der Waals surface area contributed by atoms with Gasteiger partial charge in [0.25, 0.3) is 0 Å². The quantitative estimate of drug-likeness (QED) is 0.794. The molecule has 1 fully saturated rings. The number of fused-ring (bicyclic) bond motifs is 1. The van der Waals surface area contributed by atoms with Crippen molar-refractivity contribution in [2.24, 2.45) is 0 Å². The second-order valence-electron chi connectivity index (χ2n) is 5.59. The first kappa shape index (κ1) is 14.4. The summed E-state index contributed by atoms with van der Waals surface area (Å²) in [5.41, 5.74) is 1.69. The molecule has 1 saturated heterocycles. The van der Waals surface area contributed by atoms with E-state index in [0.29, 0.717) is 5.02 Å². The molecule has 23 heavy (non-hydrogen) atoms. The summed E-state index contributed by atoms with van der Waals surface area (Å²) >= 11 is 6.01. The predicted molar refractivity (Wildman–Crippen MR) is 89.0 cm³/mol. The smallest absolute Gasteiger partial charge is 0.141 e. The van der Waals surface area contributed by atoms with Gasteiger partial charge in [0.2, 0.25) is 0 Å². The first-order valence-electron chi connectivity index (χ1n) is 7.59. The minimum absolute atomic E-state index is 0.268. The third kappa shape index (κ3) is 3.13. The molecule has 1 N–H and O–H groups in total. The Hall–Kier alpha value is -2.18. The molecule has 3 aromatic rings. The topological polar surface area (TPSA) is 64.9 Å². The van der Waals surface area contributed by atoms with Crippen LogP contribution in [0.4, 0.5) is 11.5 Å². The van der Waals surface area contributed by atoms with Crippen LogP contribution in [-0.4, -0.2) is 32.5 Å². The highest BCUT2D eigenvalue weighted by Gasteiger charge is 2.16. The molecule has 0 bridgehead atoms. The normalized spacial score (nSPS) is 17.7. The Balaban J connectivity index is 1.55. The summed E-state index contributed by atoms with van der Waals surface area (Å²) in [6, 6.07) is 5.57. The van der Waals surface area contributed by atoms with Crippen molar-refractivity contribution in [3.05, 3.63) is 41.9 Å². The third-order valence-electron chi connectivity index (χ3n) is 3.91. The molecule has 4 rings (SSSR count). The van der Waals surface area contributed by atoms with Gasteiger partial charge in [0, 0.05) is 23.2 Å². The maximum atomic E-state index is 6.01. The molecular formula is C16H16ClN5O. The molecule has 0 aliphatic carbocycles. The molecule has 1 aliphatic heterocycles. The molecule has 7 heteroatoms. The maximum Gasteiger partial charge on any atom is 0.141 e. The summed E-state index contributed by atoms with van der Waals surface area (Å²) in [5, 5.41) is 9.25. The zero-order valence-corrected chi connectivity index (χ0v) is 13.2. The van der Waals surface area contributed by atoms with Crippen LogP contribution in [0.1, 0.15) is 12.8 Å². The minimum atomic E-state index is 0.268. The van der Waals surface area contributed by atoms with Gasteiger partial charge < -0.3 is 10.1 Å². The Morgan fingerprint density at radius 2 is 2.30 bits per heavy atom. The average Bonchev–Trinajstić information content (AvgIpc) is 3.20. The SMILES string of the molecule is Clc1ccc2c(Nc3cnn(CC4CCCO4)c3)ncnc2c1. The first-order chi connectivity index (χ1) is 11.3. The summed E-state index contributed by atoms with van der Waals surface area (Å²) in [6.45, 7) is 1.63. The summed E-state index contributed by atoms with van der Waals surface area (Å²) in [7, 11) is 0. The van der Waals surface area contributed by atoms with E-state index in [4.69, 9.17) is 16.3 Å². The fourth-order valence-electron chi connectivity index (χ4n) is 2.79. The standard InChI is InChI=1S/C16H16ClN5O/c17-11-3-4-14-15(6-11)18-10-19-16(14)21-12-7-20-22(8-12)9-13-2-1-5-23-13/h3-4,6-8,10,13H,1-2,5,9H2,(H,18,19,21). The molecule has 1 atom stereocenters. The number of halogens is 1. The maximum absolute atomic E-state index is 6.01. The Bertz CT molecular complexity index is 828. The lowest BCUT2D eigenvalue weighted by molar-refractivity contribution is 0.0940. The number of rotatable bonds is 4. The average molecular weight is 330 g/mol. The highest BCUT2D eigenvalue weighted by atomic mass is 35.5. The number of benzene rings is 1. The van der Waals surface area contributed by atoms with E-state index in [9.17, 15) is 0 Å². The molecule has 1 aromatic carbocycles. The van der Waals surface area contributed by atoms with Gasteiger partial charge in [-0.25, -0.2) is 9.97 Å². The van der Waals surface area contributed by atoms with Crippen molar-refractivity contribution in [3.63, 3.8) is 0 Å². The van der Waals surface area contributed by atoms with E-state index in [0.717, 1.165) is 48.4 Å². The van der Waals surface area contributed by atoms with Crippen LogP contribution < -0.4 is 5.32 Å². The molecule has 3 heterocycles. The molecule has 0 radical (unpaired) electrons. The van der Waals surface area contributed by atoms with E-state index >= 15 is 0 Å². The van der Waals surface area contributed by atoms with Crippen molar-refractivity contribution in [3.8, 4) is 0 Å². The van der Waals surface area contributed by atoms with E-state index in [1.54, 1.807) is 6.20 Å². The highest BCUT2D eigenvalue weighted by molar-refractivity contribution is 6.31. The molecule has 0 amide bonds. The molecular weight excluding hydrogens is 314 g/mol. The van der Waals surface area contributed by atoms with Gasteiger partial charge in [-0.3, -0.25) is 4.68 Å².